The van der Waals surface area contributed by atoms with Crippen LogP contribution < -0.4 is 10.1 Å². The molecule has 1 N–H and O–H groups in total. The van der Waals surface area contributed by atoms with E-state index in [-0.39, 0.29) is 5.82 Å². The molecule has 0 fully saturated rings. The van der Waals surface area contributed by atoms with Gasteiger partial charge in [-0.25, -0.2) is 4.39 Å². The van der Waals surface area contributed by atoms with Crippen LogP contribution in [-0.2, 0) is 6.61 Å². The van der Waals surface area contributed by atoms with Crippen LogP contribution in [0.4, 0.5) is 4.39 Å². The van der Waals surface area contributed by atoms with Gasteiger partial charge in [0.15, 0.2) is 0 Å². The van der Waals surface area contributed by atoms with Gasteiger partial charge in [0.2, 0.25) is 0 Å². The zero-order chi connectivity index (χ0) is 15.4. The third-order valence-electron chi connectivity index (χ3n) is 3.53. The number of halogens is 2. The van der Waals surface area contributed by atoms with Gasteiger partial charge in [-0.15, -0.1) is 0 Å². The van der Waals surface area contributed by atoms with Crippen molar-refractivity contribution >= 4 is 15.9 Å². The quantitative estimate of drug-likeness (QED) is 0.838. The molecule has 2 aromatic carbocycles. The highest BCUT2D eigenvalue weighted by Crippen LogP contribution is 2.25. The summed E-state index contributed by atoms with van der Waals surface area (Å²) in [6, 6.07) is 11.1. The lowest BCUT2D eigenvalue weighted by Gasteiger charge is -2.15. The molecular formula is C17H19BrFNO. The van der Waals surface area contributed by atoms with Crippen LogP contribution in [0.3, 0.4) is 0 Å². The highest BCUT2D eigenvalue weighted by atomic mass is 79.9. The van der Waals surface area contributed by atoms with E-state index >= 15 is 0 Å². The summed E-state index contributed by atoms with van der Waals surface area (Å²) in [5.41, 5.74) is 3.24. The molecular weight excluding hydrogens is 333 g/mol. The maximum atomic E-state index is 13.1. The maximum Gasteiger partial charge on any atom is 0.124 e. The minimum atomic E-state index is -0.257. The molecule has 2 aromatic rings. The number of benzene rings is 2. The summed E-state index contributed by atoms with van der Waals surface area (Å²) in [5.74, 6) is 0.588. The zero-order valence-electron chi connectivity index (χ0n) is 12.4. The molecule has 0 radical (unpaired) electrons. The Bertz CT molecular complexity index is 630. The molecule has 0 aliphatic heterocycles. The van der Waals surface area contributed by atoms with Crippen molar-refractivity contribution in [2.75, 3.05) is 7.05 Å². The molecule has 21 heavy (non-hydrogen) atoms. The smallest absolute Gasteiger partial charge is 0.124 e. The van der Waals surface area contributed by atoms with Gasteiger partial charge in [-0.1, -0.05) is 34.1 Å². The van der Waals surface area contributed by atoms with Crippen molar-refractivity contribution in [2.45, 2.75) is 26.5 Å². The molecule has 4 heteroatoms. The number of hydrogen-bond acceptors (Lipinski definition) is 2. The van der Waals surface area contributed by atoms with E-state index in [1.807, 2.05) is 20.0 Å². The largest absolute Gasteiger partial charge is 0.489 e. The van der Waals surface area contributed by atoms with E-state index in [2.05, 4.69) is 40.3 Å². The first kappa shape index (κ1) is 16.0. The SMILES string of the molecule is CNC(C)c1ccc(OCc2ccc(F)cc2Br)c(C)c1. The Kier molecular flexibility index (Phi) is 5.37. The summed E-state index contributed by atoms with van der Waals surface area (Å²) in [5, 5.41) is 3.22. The monoisotopic (exact) mass is 351 g/mol. The highest BCUT2D eigenvalue weighted by molar-refractivity contribution is 9.10. The van der Waals surface area contributed by atoms with Crippen LogP contribution in [0, 0.1) is 12.7 Å². The van der Waals surface area contributed by atoms with E-state index in [0.29, 0.717) is 12.6 Å². The number of hydrogen-bond donors (Lipinski definition) is 1. The number of nitrogens with one attached hydrogen (secondary N) is 1. The van der Waals surface area contributed by atoms with Crippen molar-refractivity contribution in [1.82, 2.24) is 5.32 Å². The third-order valence-corrected chi connectivity index (χ3v) is 4.27. The Hall–Kier alpha value is -1.39. The van der Waals surface area contributed by atoms with Crippen LogP contribution >= 0.6 is 15.9 Å². The molecule has 1 unspecified atom stereocenters. The van der Waals surface area contributed by atoms with Crippen LogP contribution in [0.1, 0.15) is 29.7 Å². The predicted molar refractivity (Wildman–Crippen MR) is 87.1 cm³/mol. The Morgan fingerprint density at radius 3 is 2.62 bits per heavy atom. The third kappa shape index (κ3) is 4.05. The van der Waals surface area contributed by atoms with E-state index in [0.717, 1.165) is 21.3 Å². The maximum absolute atomic E-state index is 13.1. The Morgan fingerprint density at radius 1 is 1.24 bits per heavy atom. The lowest BCUT2D eigenvalue weighted by atomic mass is 10.1. The lowest BCUT2D eigenvalue weighted by Crippen LogP contribution is -2.12. The molecule has 0 saturated carbocycles. The molecule has 0 saturated heterocycles. The molecule has 0 aliphatic rings. The van der Waals surface area contributed by atoms with Crippen LogP contribution in [0.5, 0.6) is 5.75 Å². The topological polar surface area (TPSA) is 21.3 Å². The van der Waals surface area contributed by atoms with Crippen LogP contribution in [0.15, 0.2) is 40.9 Å². The summed E-state index contributed by atoms with van der Waals surface area (Å²) in [6.45, 7) is 4.55. The van der Waals surface area contributed by atoms with Gasteiger partial charge < -0.3 is 10.1 Å². The van der Waals surface area contributed by atoms with Crippen molar-refractivity contribution < 1.29 is 9.13 Å². The second-order valence-corrected chi connectivity index (χ2v) is 5.91. The Balaban J connectivity index is 2.10. The Morgan fingerprint density at radius 2 is 2.00 bits per heavy atom. The molecule has 0 spiro atoms. The van der Waals surface area contributed by atoms with Crippen molar-refractivity contribution in [3.8, 4) is 5.75 Å². The van der Waals surface area contributed by atoms with E-state index < -0.39 is 0 Å². The molecule has 0 heterocycles. The van der Waals surface area contributed by atoms with E-state index in [1.54, 1.807) is 6.07 Å². The fourth-order valence-corrected chi connectivity index (χ4v) is 2.53. The summed E-state index contributed by atoms with van der Waals surface area (Å²) >= 11 is 3.35. The summed E-state index contributed by atoms with van der Waals surface area (Å²) in [7, 11) is 1.94. The average molecular weight is 352 g/mol. The molecule has 2 rings (SSSR count). The number of rotatable bonds is 5. The number of ether oxygens (including phenoxy) is 1. The van der Waals surface area contributed by atoms with Gasteiger partial charge in [-0.3, -0.25) is 0 Å². The summed E-state index contributed by atoms with van der Waals surface area (Å²) in [4.78, 5) is 0. The molecule has 1 atom stereocenters. The van der Waals surface area contributed by atoms with Gasteiger partial charge in [0.1, 0.15) is 18.2 Å². The molecule has 112 valence electrons. The van der Waals surface area contributed by atoms with Gasteiger partial charge in [0.05, 0.1) is 0 Å². The second-order valence-electron chi connectivity index (χ2n) is 5.06. The Labute approximate surface area is 133 Å². The molecule has 0 aromatic heterocycles. The standard InChI is InChI=1S/C17H19BrFNO/c1-11-8-13(12(2)20-3)5-7-17(11)21-10-14-4-6-15(19)9-16(14)18/h4-9,12,20H,10H2,1-3H3. The van der Waals surface area contributed by atoms with E-state index in [1.165, 1.54) is 17.7 Å². The van der Waals surface area contributed by atoms with Crippen LogP contribution in [-0.4, -0.2) is 7.05 Å². The van der Waals surface area contributed by atoms with Crippen LogP contribution in [0.2, 0.25) is 0 Å². The lowest BCUT2D eigenvalue weighted by molar-refractivity contribution is 0.303. The summed E-state index contributed by atoms with van der Waals surface area (Å²) in [6.07, 6.45) is 0. The fourth-order valence-electron chi connectivity index (χ4n) is 2.06. The second kappa shape index (κ2) is 7.05. The first-order chi connectivity index (χ1) is 10.0. The minimum Gasteiger partial charge on any atom is -0.489 e. The van der Waals surface area contributed by atoms with Gasteiger partial charge >= 0.3 is 0 Å². The average Bonchev–Trinajstić information content (AvgIpc) is 2.46. The predicted octanol–water partition coefficient (Wildman–Crippen LogP) is 4.76. The van der Waals surface area contributed by atoms with Gasteiger partial charge in [-0.05, 0) is 50.2 Å². The fraction of sp³-hybridized carbons (Fsp3) is 0.294. The normalized spacial score (nSPS) is 12.2. The van der Waals surface area contributed by atoms with Gasteiger partial charge in [-0.2, -0.15) is 0 Å². The molecule has 0 amide bonds. The first-order valence-corrected chi connectivity index (χ1v) is 7.65. The molecule has 0 aliphatic carbocycles. The highest BCUT2D eigenvalue weighted by Gasteiger charge is 2.07. The van der Waals surface area contributed by atoms with E-state index in [9.17, 15) is 4.39 Å². The van der Waals surface area contributed by atoms with Gasteiger partial charge in [0, 0.05) is 16.1 Å². The summed E-state index contributed by atoms with van der Waals surface area (Å²) < 4.78 is 19.6. The van der Waals surface area contributed by atoms with Crippen LogP contribution in [0.25, 0.3) is 0 Å². The molecule has 2 nitrogen and oxygen atoms in total. The van der Waals surface area contributed by atoms with E-state index in [4.69, 9.17) is 4.74 Å². The van der Waals surface area contributed by atoms with Crippen molar-refractivity contribution in [3.05, 3.63) is 63.4 Å². The van der Waals surface area contributed by atoms with Crippen molar-refractivity contribution in [2.24, 2.45) is 0 Å². The zero-order valence-corrected chi connectivity index (χ0v) is 14.0. The van der Waals surface area contributed by atoms with Gasteiger partial charge in [0.25, 0.3) is 0 Å². The minimum absolute atomic E-state index is 0.257. The van der Waals surface area contributed by atoms with Crippen molar-refractivity contribution in [3.63, 3.8) is 0 Å². The first-order valence-electron chi connectivity index (χ1n) is 6.86. The number of aryl methyl sites for hydroxylation is 1. The van der Waals surface area contributed by atoms with Crippen molar-refractivity contribution in [1.29, 1.82) is 0 Å². The molecule has 0 bridgehead atoms.